The lowest BCUT2D eigenvalue weighted by Gasteiger charge is -2.28. The van der Waals surface area contributed by atoms with E-state index in [2.05, 4.69) is 257 Å². The maximum Gasteiger partial charge on any atom is 0.133 e. The number of nitrogens with two attached hydrogens (primary N) is 1. The number of rotatable bonds is 9. The van der Waals surface area contributed by atoms with E-state index in [0.717, 1.165) is 61.7 Å². The number of hydrogen-bond donors (Lipinski definition) is 1. The van der Waals surface area contributed by atoms with Gasteiger partial charge in [-0.15, -0.1) is 0 Å². The molecule has 1 aliphatic carbocycles. The molecule has 1 aliphatic rings. The highest BCUT2D eigenvalue weighted by molar-refractivity contribution is 6.24. The molecule has 0 spiro atoms. The fraction of sp³-hybridized carbons (Fsp3) is 0.0667. The molecule has 0 unspecified atom stereocenters. The molecule has 312 valence electrons. The van der Waals surface area contributed by atoms with Gasteiger partial charge >= 0.3 is 0 Å². The van der Waals surface area contributed by atoms with Crippen molar-refractivity contribution >= 4 is 67.0 Å². The smallest absolute Gasteiger partial charge is 0.133 e. The third-order valence-electron chi connectivity index (χ3n) is 13.5. The van der Waals surface area contributed by atoms with Gasteiger partial charge in [-0.1, -0.05) is 153 Å². The average molecular weight is 838 g/mol. The molecular weight excluding hydrogens is 791 g/mol. The number of aromatic nitrogens is 2. The summed E-state index contributed by atoms with van der Waals surface area (Å²) in [4.78, 5) is 4.76. The van der Waals surface area contributed by atoms with Crippen molar-refractivity contribution in [2.45, 2.75) is 25.8 Å². The van der Waals surface area contributed by atoms with E-state index >= 15 is 0 Å². The van der Waals surface area contributed by atoms with Gasteiger partial charge in [0.1, 0.15) is 5.82 Å². The molecule has 0 atom stereocenters. The molecule has 11 aromatic rings. The molecule has 0 radical (unpaired) electrons. The van der Waals surface area contributed by atoms with Gasteiger partial charge in [-0.25, -0.2) is 0 Å². The second kappa shape index (κ2) is 15.2. The second-order valence-electron chi connectivity index (χ2n) is 17.6. The van der Waals surface area contributed by atoms with E-state index < -0.39 is 0 Å². The molecule has 12 rings (SSSR count). The first-order valence-electron chi connectivity index (χ1n) is 22.4. The Kier molecular flexibility index (Phi) is 8.99. The van der Waals surface area contributed by atoms with Gasteiger partial charge in [0.25, 0.3) is 0 Å². The summed E-state index contributed by atoms with van der Waals surface area (Å²) < 4.78 is 4.73. The lowest BCUT2D eigenvalue weighted by Crippen LogP contribution is -2.18. The van der Waals surface area contributed by atoms with Gasteiger partial charge < -0.3 is 20.1 Å². The summed E-state index contributed by atoms with van der Waals surface area (Å²) in [7, 11) is 0. The summed E-state index contributed by atoms with van der Waals surface area (Å²) in [5.74, 6) is 0.691. The van der Waals surface area contributed by atoms with Crippen LogP contribution in [0.4, 0.5) is 34.3 Å². The Morgan fingerprint density at radius 1 is 0.446 bits per heavy atom. The normalized spacial score (nSPS) is 12.7. The number of anilines is 6. The Bertz CT molecular complexity index is 3500. The van der Waals surface area contributed by atoms with E-state index in [4.69, 9.17) is 5.73 Å². The molecule has 0 fully saturated rings. The van der Waals surface area contributed by atoms with E-state index in [1.807, 2.05) is 0 Å². The largest absolute Gasteiger partial charge is 0.383 e. The molecule has 2 aromatic heterocycles. The minimum atomic E-state index is -0.282. The molecule has 5 heteroatoms. The summed E-state index contributed by atoms with van der Waals surface area (Å²) in [5.41, 5.74) is 24.6. The number of benzene rings is 9. The van der Waals surface area contributed by atoms with Crippen LogP contribution < -0.4 is 15.5 Å². The van der Waals surface area contributed by atoms with Gasteiger partial charge in [-0.2, -0.15) is 0 Å². The molecule has 0 saturated heterocycles. The minimum Gasteiger partial charge on any atom is -0.383 e. The van der Waals surface area contributed by atoms with E-state index in [9.17, 15) is 0 Å². The number of hydrogen-bond acceptors (Lipinski definition) is 3. The number of fused-ring (bicyclic) bond motifs is 8. The van der Waals surface area contributed by atoms with Crippen molar-refractivity contribution in [2.75, 3.05) is 15.5 Å². The summed E-state index contributed by atoms with van der Waals surface area (Å²) in [6, 6.07) is 80.7. The Balaban J connectivity index is 1.10. The van der Waals surface area contributed by atoms with Crippen molar-refractivity contribution in [3.8, 4) is 22.5 Å². The lowest BCUT2D eigenvalue weighted by atomic mass is 9.82. The Morgan fingerprint density at radius 2 is 1.00 bits per heavy atom. The zero-order valence-corrected chi connectivity index (χ0v) is 36.4. The maximum atomic E-state index is 7.59. The second-order valence-corrected chi connectivity index (χ2v) is 17.6. The van der Waals surface area contributed by atoms with Gasteiger partial charge in [0.2, 0.25) is 0 Å². The highest BCUT2D eigenvalue weighted by atomic mass is 15.2. The van der Waals surface area contributed by atoms with Crippen LogP contribution in [0.25, 0.3) is 55.2 Å². The van der Waals surface area contributed by atoms with Crippen molar-refractivity contribution in [3.05, 3.63) is 241 Å². The average Bonchev–Trinajstić information content (AvgIpc) is 3.93. The van der Waals surface area contributed by atoms with E-state index in [1.54, 1.807) is 0 Å². The van der Waals surface area contributed by atoms with Crippen LogP contribution in [0.2, 0.25) is 0 Å². The molecule has 9 aromatic carbocycles. The summed E-state index contributed by atoms with van der Waals surface area (Å²) in [5, 5.41) is 3.49. The van der Waals surface area contributed by atoms with Crippen LogP contribution in [0, 0.1) is 0 Å². The van der Waals surface area contributed by atoms with Gasteiger partial charge in [0.15, 0.2) is 0 Å². The number of para-hydroxylation sites is 5. The standard InChI is InChI=1S/C60H47N5/c1-60(2)52-38-46(63(43-24-12-5-13-25-43)44-26-14-6-15-27-44)32-34-48(52)49-35-33-47(39-53(49)60)64-54-31-19-18-30-50(54)51-36-37-55-56(57(51)64)58(59(61)65(55)45-28-16-7-17-29-45)62(42-22-10-4-11-23-42)40-41-20-8-3-9-21-41/h3-39H,40,61H2,1-2H3. The van der Waals surface area contributed by atoms with E-state index in [0.29, 0.717) is 12.4 Å². The third-order valence-corrected chi connectivity index (χ3v) is 13.5. The number of nitrogen functional groups attached to an aromatic ring is 1. The summed E-state index contributed by atoms with van der Waals surface area (Å²) in [6.07, 6.45) is 0. The Morgan fingerprint density at radius 3 is 1.66 bits per heavy atom. The van der Waals surface area contributed by atoms with Crippen LogP contribution in [0.15, 0.2) is 224 Å². The zero-order chi connectivity index (χ0) is 43.6. The van der Waals surface area contributed by atoms with Crippen LogP contribution in [0.3, 0.4) is 0 Å². The van der Waals surface area contributed by atoms with Gasteiger partial charge in [0.05, 0.1) is 27.6 Å². The fourth-order valence-electron chi connectivity index (χ4n) is 10.5. The first-order valence-corrected chi connectivity index (χ1v) is 22.4. The minimum absolute atomic E-state index is 0.282. The van der Waals surface area contributed by atoms with Crippen molar-refractivity contribution in [2.24, 2.45) is 0 Å². The Labute approximate surface area is 379 Å². The highest BCUT2D eigenvalue weighted by Crippen LogP contribution is 2.53. The van der Waals surface area contributed by atoms with Gasteiger partial charge in [-0.3, -0.25) is 4.57 Å². The van der Waals surface area contributed by atoms with Crippen LogP contribution in [0.5, 0.6) is 0 Å². The van der Waals surface area contributed by atoms with Crippen LogP contribution in [-0.2, 0) is 12.0 Å². The van der Waals surface area contributed by atoms with Crippen LogP contribution >= 0.6 is 0 Å². The quantitative estimate of drug-likeness (QED) is 0.157. The Hall–Kier alpha value is -8.28. The molecule has 5 nitrogen and oxygen atoms in total. The zero-order valence-electron chi connectivity index (χ0n) is 36.4. The van der Waals surface area contributed by atoms with E-state index in [-0.39, 0.29) is 5.41 Å². The first kappa shape index (κ1) is 38.4. The topological polar surface area (TPSA) is 42.4 Å². The SMILES string of the molecule is CC1(C)c2cc(N(c3ccccc3)c3ccccc3)ccc2-c2ccc(-n3c4ccccc4c4ccc5c(c(N(Cc6ccccc6)c6ccccc6)c(N)n5-c5ccccc5)c43)cc21. The first-order chi connectivity index (χ1) is 32.0. The van der Waals surface area contributed by atoms with Gasteiger partial charge in [-0.05, 0) is 113 Å². The van der Waals surface area contributed by atoms with E-state index in [1.165, 1.54) is 38.6 Å². The summed E-state index contributed by atoms with van der Waals surface area (Å²) >= 11 is 0. The molecule has 65 heavy (non-hydrogen) atoms. The fourth-order valence-corrected chi connectivity index (χ4v) is 10.5. The molecule has 2 N–H and O–H groups in total. The molecule has 2 heterocycles. The molecule has 0 amide bonds. The van der Waals surface area contributed by atoms with Crippen LogP contribution in [0.1, 0.15) is 30.5 Å². The molecule has 0 aliphatic heterocycles. The molecular formula is C60H47N5. The lowest BCUT2D eigenvalue weighted by molar-refractivity contribution is 0.660. The third kappa shape index (κ3) is 6.15. The van der Waals surface area contributed by atoms with Crippen LogP contribution in [-0.4, -0.2) is 9.13 Å². The highest BCUT2D eigenvalue weighted by Gasteiger charge is 2.37. The molecule has 0 bridgehead atoms. The molecule has 0 saturated carbocycles. The van der Waals surface area contributed by atoms with Crippen molar-refractivity contribution in [1.82, 2.24) is 9.13 Å². The maximum absolute atomic E-state index is 7.59. The summed E-state index contributed by atoms with van der Waals surface area (Å²) in [6.45, 7) is 5.40. The van der Waals surface area contributed by atoms with Crippen molar-refractivity contribution in [3.63, 3.8) is 0 Å². The van der Waals surface area contributed by atoms with Gasteiger partial charge in [0, 0.05) is 56.9 Å². The van der Waals surface area contributed by atoms with Crippen molar-refractivity contribution < 1.29 is 0 Å². The monoisotopic (exact) mass is 837 g/mol. The van der Waals surface area contributed by atoms with Crippen molar-refractivity contribution in [1.29, 1.82) is 0 Å². The predicted molar refractivity (Wildman–Crippen MR) is 273 cm³/mol. The predicted octanol–water partition coefficient (Wildman–Crippen LogP) is 15.4. The number of nitrogens with zero attached hydrogens (tertiary/aromatic N) is 4.